The van der Waals surface area contributed by atoms with E-state index in [1.54, 1.807) is 11.3 Å². The number of hydrogen-bond acceptors (Lipinski definition) is 5. The maximum atomic E-state index is 5.42. The fraction of sp³-hybridized carbons (Fsp3) is 0.600. The predicted octanol–water partition coefficient (Wildman–Crippen LogP) is 3.28. The molecule has 1 aliphatic rings. The van der Waals surface area contributed by atoms with E-state index in [-0.39, 0.29) is 0 Å². The van der Waals surface area contributed by atoms with Crippen LogP contribution in [0.15, 0.2) is 16.7 Å². The van der Waals surface area contributed by atoms with Crippen molar-refractivity contribution in [3.05, 3.63) is 22.9 Å². The molecule has 0 radical (unpaired) electrons. The summed E-state index contributed by atoms with van der Waals surface area (Å²) in [7, 11) is 0. The number of piperidine rings is 1. The van der Waals surface area contributed by atoms with Crippen molar-refractivity contribution in [1.82, 2.24) is 15.5 Å². The molecule has 5 heteroatoms. The zero-order chi connectivity index (χ0) is 13.9. The third-order valence-corrected chi connectivity index (χ3v) is 5.11. The van der Waals surface area contributed by atoms with Crippen LogP contribution < -0.4 is 5.32 Å². The van der Waals surface area contributed by atoms with Gasteiger partial charge in [0, 0.05) is 11.3 Å². The van der Waals surface area contributed by atoms with Gasteiger partial charge in [-0.3, -0.25) is 0 Å². The molecule has 1 N–H and O–H groups in total. The highest BCUT2D eigenvalue weighted by molar-refractivity contribution is 7.15. The van der Waals surface area contributed by atoms with Gasteiger partial charge in [0.2, 0.25) is 11.7 Å². The van der Waals surface area contributed by atoms with E-state index in [1.165, 1.54) is 17.7 Å². The van der Waals surface area contributed by atoms with Crippen LogP contribution >= 0.6 is 11.3 Å². The van der Waals surface area contributed by atoms with Crippen LogP contribution in [-0.4, -0.2) is 23.2 Å². The van der Waals surface area contributed by atoms with Crippen LogP contribution in [0.25, 0.3) is 10.7 Å². The zero-order valence-electron chi connectivity index (χ0n) is 12.1. The molecule has 0 amide bonds. The Labute approximate surface area is 123 Å². The normalized spacial score (nSPS) is 18.3. The monoisotopic (exact) mass is 291 g/mol. The lowest BCUT2D eigenvalue weighted by atomic mass is 9.84. The first-order chi connectivity index (χ1) is 9.72. The molecule has 3 heterocycles. The van der Waals surface area contributed by atoms with E-state index in [2.05, 4.69) is 41.4 Å². The number of thiophene rings is 1. The first-order valence-corrected chi connectivity index (χ1v) is 8.14. The first kappa shape index (κ1) is 13.8. The van der Waals surface area contributed by atoms with Gasteiger partial charge in [0.25, 0.3) is 0 Å². The Hall–Kier alpha value is -1.20. The zero-order valence-corrected chi connectivity index (χ0v) is 12.9. The summed E-state index contributed by atoms with van der Waals surface area (Å²) in [6.45, 7) is 6.67. The fourth-order valence-corrected chi connectivity index (χ4v) is 3.64. The van der Waals surface area contributed by atoms with Crippen molar-refractivity contribution in [2.75, 3.05) is 13.1 Å². The van der Waals surface area contributed by atoms with Gasteiger partial charge in [-0.05, 0) is 56.8 Å². The van der Waals surface area contributed by atoms with Crippen LogP contribution in [0.3, 0.4) is 0 Å². The van der Waals surface area contributed by atoms with Crippen molar-refractivity contribution in [1.29, 1.82) is 0 Å². The molecule has 2 aromatic heterocycles. The second kappa shape index (κ2) is 6.06. The molecular weight excluding hydrogens is 270 g/mol. The summed E-state index contributed by atoms with van der Waals surface area (Å²) in [5, 5.41) is 7.52. The fourth-order valence-electron chi connectivity index (χ4n) is 2.85. The number of nitrogens with zero attached hydrogens (tertiary/aromatic N) is 2. The van der Waals surface area contributed by atoms with E-state index in [1.807, 2.05) is 0 Å². The highest BCUT2D eigenvalue weighted by Gasteiger charge is 2.22. The summed E-state index contributed by atoms with van der Waals surface area (Å²) in [5.74, 6) is 2.89. The highest BCUT2D eigenvalue weighted by atomic mass is 32.1. The van der Waals surface area contributed by atoms with Gasteiger partial charge in [-0.15, -0.1) is 11.3 Å². The number of nitrogens with one attached hydrogen (secondary N) is 1. The molecule has 1 saturated heterocycles. The molecule has 1 fully saturated rings. The molecule has 0 bridgehead atoms. The Bertz CT molecular complexity index is 557. The molecule has 0 saturated carbocycles. The average Bonchev–Trinajstić information content (AvgIpc) is 3.09. The van der Waals surface area contributed by atoms with Crippen LogP contribution in [0.5, 0.6) is 0 Å². The number of aromatic nitrogens is 2. The Morgan fingerprint density at radius 3 is 2.90 bits per heavy atom. The molecule has 1 unspecified atom stereocenters. The molecule has 0 aliphatic carbocycles. The van der Waals surface area contributed by atoms with Crippen LogP contribution in [0.4, 0.5) is 0 Å². The molecule has 3 rings (SSSR count). The molecule has 0 aromatic carbocycles. The topological polar surface area (TPSA) is 51.0 Å². The minimum absolute atomic E-state index is 0.607. The SMILES string of the molecule is Cc1ccc(-c2noc(CC(C)C3CCNCC3)n2)s1. The second-order valence-corrected chi connectivity index (χ2v) is 6.98. The van der Waals surface area contributed by atoms with Gasteiger partial charge in [-0.25, -0.2) is 0 Å². The molecule has 20 heavy (non-hydrogen) atoms. The summed E-state index contributed by atoms with van der Waals surface area (Å²) >= 11 is 1.71. The van der Waals surface area contributed by atoms with Crippen LogP contribution in [0.1, 0.15) is 30.5 Å². The van der Waals surface area contributed by atoms with Crippen molar-refractivity contribution in [3.63, 3.8) is 0 Å². The summed E-state index contributed by atoms with van der Waals surface area (Å²) in [6, 6.07) is 4.15. The molecule has 4 nitrogen and oxygen atoms in total. The largest absolute Gasteiger partial charge is 0.339 e. The van der Waals surface area contributed by atoms with Gasteiger partial charge in [0.15, 0.2) is 0 Å². The maximum absolute atomic E-state index is 5.42. The van der Waals surface area contributed by atoms with E-state index < -0.39 is 0 Å². The standard InChI is InChI=1S/C15H21N3OS/c1-10(12-5-7-16-8-6-12)9-14-17-15(18-19-14)13-4-3-11(2)20-13/h3-4,10,12,16H,5-9H2,1-2H3. The van der Waals surface area contributed by atoms with Gasteiger partial charge in [-0.1, -0.05) is 12.1 Å². The highest BCUT2D eigenvalue weighted by Crippen LogP contribution is 2.27. The Morgan fingerprint density at radius 1 is 1.40 bits per heavy atom. The van der Waals surface area contributed by atoms with Gasteiger partial charge in [0.1, 0.15) is 0 Å². The minimum atomic E-state index is 0.607. The summed E-state index contributed by atoms with van der Waals surface area (Å²) in [6.07, 6.45) is 3.40. The first-order valence-electron chi connectivity index (χ1n) is 7.32. The minimum Gasteiger partial charge on any atom is -0.339 e. The van der Waals surface area contributed by atoms with E-state index in [0.717, 1.165) is 42.0 Å². The van der Waals surface area contributed by atoms with Gasteiger partial charge >= 0.3 is 0 Å². The van der Waals surface area contributed by atoms with Crippen molar-refractivity contribution >= 4 is 11.3 Å². The van der Waals surface area contributed by atoms with Crippen LogP contribution in [-0.2, 0) is 6.42 Å². The second-order valence-electron chi connectivity index (χ2n) is 5.69. The van der Waals surface area contributed by atoms with Crippen molar-refractivity contribution in [2.24, 2.45) is 11.8 Å². The molecule has 108 valence electrons. The molecule has 1 atom stereocenters. The van der Waals surface area contributed by atoms with E-state index in [0.29, 0.717) is 5.92 Å². The lowest BCUT2D eigenvalue weighted by Crippen LogP contribution is -2.31. The quantitative estimate of drug-likeness (QED) is 0.939. The number of aryl methyl sites for hydroxylation is 1. The molecule has 1 aliphatic heterocycles. The van der Waals surface area contributed by atoms with Crippen molar-refractivity contribution < 1.29 is 4.52 Å². The lowest BCUT2D eigenvalue weighted by molar-refractivity contribution is 0.253. The van der Waals surface area contributed by atoms with E-state index >= 15 is 0 Å². The summed E-state index contributed by atoms with van der Waals surface area (Å²) in [5.41, 5.74) is 0. The Balaban J connectivity index is 1.64. The third-order valence-electron chi connectivity index (χ3n) is 4.11. The Morgan fingerprint density at radius 2 is 2.20 bits per heavy atom. The maximum Gasteiger partial charge on any atom is 0.227 e. The molecule has 2 aromatic rings. The molecular formula is C15H21N3OS. The predicted molar refractivity (Wildman–Crippen MR) is 80.8 cm³/mol. The van der Waals surface area contributed by atoms with Gasteiger partial charge < -0.3 is 9.84 Å². The van der Waals surface area contributed by atoms with Gasteiger partial charge in [-0.2, -0.15) is 4.98 Å². The number of hydrogen-bond donors (Lipinski definition) is 1. The number of rotatable bonds is 4. The smallest absolute Gasteiger partial charge is 0.227 e. The van der Waals surface area contributed by atoms with Crippen molar-refractivity contribution in [3.8, 4) is 10.7 Å². The third kappa shape index (κ3) is 3.10. The summed E-state index contributed by atoms with van der Waals surface area (Å²) < 4.78 is 5.42. The Kier molecular flexibility index (Phi) is 4.17. The van der Waals surface area contributed by atoms with E-state index in [9.17, 15) is 0 Å². The van der Waals surface area contributed by atoms with Crippen LogP contribution in [0.2, 0.25) is 0 Å². The summed E-state index contributed by atoms with van der Waals surface area (Å²) in [4.78, 5) is 6.91. The van der Waals surface area contributed by atoms with Gasteiger partial charge in [0.05, 0.1) is 4.88 Å². The van der Waals surface area contributed by atoms with Crippen molar-refractivity contribution in [2.45, 2.75) is 33.1 Å². The van der Waals surface area contributed by atoms with Crippen LogP contribution in [0, 0.1) is 18.8 Å². The average molecular weight is 291 g/mol. The lowest BCUT2D eigenvalue weighted by Gasteiger charge is -2.27. The molecule has 0 spiro atoms. The van der Waals surface area contributed by atoms with E-state index in [4.69, 9.17) is 4.52 Å².